The van der Waals surface area contributed by atoms with Crippen molar-refractivity contribution >= 4 is 28.5 Å². The number of H-pyrrole nitrogens is 1. The first-order valence-electron chi connectivity index (χ1n) is 9.45. The first-order valence-corrected chi connectivity index (χ1v) is 9.45. The molecule has 2 amide bonds. The highest BCUT2D eigenvalue weighted by atomic mass is 16.2. The van der Waals surface area contributed by atoms with Crippen molar-refractivity contribution in [2.75, 3.05) is 25.5 Å². The van der Waals surface area contributed by atoms with Crippen molar-refractivity contribution in [3.8, 4) is 0 Å². The monoisotopic (exact) mass is 377 g/mol. The largest absolute Gasteiger partial charge is 0.345 e. The number of benzene rings is 2. The Kier molecular flexibility index (Phi) is 5.08. The maximum atomic E-state index is 12.8. The molecule has 0 aliphatic carbocycles. The van der Waals surface area contributed by atoms with Gasteiger partial charge in [0.1, 0.15) is 0 Å². The number of aromatic nitrogens is 2. The van der Waals surface area contributed by atoms with Crippen molar-refractivity contribution in [1.29, 1.82) is 0 Å². The Balaban J connectivity index is 1.46. The lowest BCUT2D eigenvalue weighted by atomic mass is 10.0. The van der Waals surface area contributed by atoms with Crippen LogP contribution in [-0.2, 0) is 0 Å². The lowest BCUT2D eigenvalue weighted by Crippen LogP contribution is -2.43. The summed E-state index contributed by atoms with van der Waals surface area (Å²) in [7, 11) is 1.96. The van der Waals surface area contributed by atoms with Gasteiger partial charge < -0.3 is 20.5 Å². The summed E-state index contributed by atoms with van der Waals surface area (Å²) in [6.45, 7) is 1.48. The van der Waals surface area contributed by atoms with Crippen molar-refractivity contribution in [2.45, 2.75) is 18.9 Å². The highest BCUT2D eigenvalue weighted by Crippen LogP contribution is 2.18. The number of carbonyl (C=O) groups excluding carboxylic acids is 2. The fraction of sp³-hybridized carbons (Fsp3) is 0.286. The quantitative estimate of drug-likeness (QED) is 0.652. The van der Waals surface area contributed by atoms with Gasteiger partial charge in [0.15, 0.2) is 0 Å². The minimum Gasteiger partial charge on any atom is -0.345 e. The van der Waals surface area contributed by atoms with Crippen LogP contribution in [0.3, 0.4) is 0 Å². The van der Waals surface area contributed by atoms with Gasteiger partial charge in [0, 0.05) is 35.9 Å². The molecular formula is C21H23N5O2. The van der Waals surface area contributed by atoms with E-state index in [1.54, 1.807) is 48.8 Å². The van der Waals surface area contributed by atoms with E-state index in [1.807, 2.05) is 11.9 Å². The van der Waals surface area contributed by atoms with Crippen LogP contribution in [0.5, 0.6) is 0 Å². The number of nitrogens with one attached hydrogen (secondary N) is 3. The number of rotatable bonds is 4. The summed E-state index contributed by atoms with van der Waals surface area (Å²) in [6, 6.07) is 12.9. The van der Waals surface area contributed by atoms with Crippen molar-refractivity contribution < 1.29 is 9.59 Å². The van der Waals surface area contributed by atoms with Crippen LogP contribution >= 0.6 is 0 Å². The van der Waals surface area contributed by atoms with Gasteiger partial charge in [-0.2, -0.15) is 0 Å². The van der Waals surface area contributed by atoms with Crippen LogP contribution in [0.15, 0.2) is 48.8 Å². The van der Waals surface area contributed by atoms with E-state index in [9.17, 15) is 9.59 Å². The molecule has 144 valence electrons. The molecule has 0 radical (unpaired) electrons. The van der Waals surface area contributed by atoms with Crippen LogP contribution in [-0.4, -0.2) is 52.9 Å². The summed E-state index contributed by atoms with van der Waals surface area (Å²) >= 11 is 0. The second kappa shape index (κ2) is 7.82. The molecule has 0 atom stereocenters. The van der Waals surface area contributed by atoms with E-state index >= 15 is 0 Å². The van der Waals surface area contributed by atoms with E-state index in [2.05, 4.69) is 20.6 Å². The van der Waals surface area contributed by atoms with Gasteiger partial charge >= 0.3 is 0 Å². The van der Waals surface area contributed by atoms with Gasteiger partial charge in [-0.15, -0.1) is 0 Å². The molecule has 1 aliphatic rings. The van der Waals surface area contributed by atoms with Gasteiger partial charge in [-0.05, 0) is 56.3 Å². The highest BCUT2D eigenvalue weighted by molar-refractivity contribution is 6.06. The smallest absolute Gasteiger partial charge is 0.255 e. The molecular weight excluding hydrogens is 354 g/mol. The van der Waals surface area contributed by atoms with Gasteiger partial charge in [0.05, 0.1) is 17.4 Å². The number of amides is 2. The van der Waals surface area contributed by atoms with Gasteiger partial charge in [-0.3, -0.25) is 9.59 Å². The molecule has 28 heavy (non-hydrogen) atoms. The third kappa shape index (κ3) is 3.75. The maximum absolute atomic E-state index is 12.8. The summed E-state index contributed by atoms with van der Waals surface area (Å²) in [4.78, 5) is 34.4. The molecule has 0 unspecified atom stereocenters. The lowest BCUT2D eigenvalue weighted by molar-refractivity contribution is 0.0707. The molecule has 0 bridgehead atoms. The molecule has 1 fully saturated rings. The minimum absolute atomic E-state index is 0.00420. The molecule has 3 aromatic rings. The van der Waals surface area contributed by atoms with E-state index in [1.165, 1.54) is 0 Å². The Bertz CT molecular complexity index is 1000. The highest BCUT2D eigenvalue weighted by Gasteiger charge is 2.23. The third-order valence-electron chi connectivity index (χ3n) is 5.24. The zero-order valence-electron chi connectivity index (χ0n) is 15.7. The first-order chi connectivity index (χ1) is 13.6. The van der Waals surface area contributed by atoms with Gasteiger partial charge in [-0.1, -0.05) is 6.07 Å². The van der Waals surface area contributed by atoms with Crippen LogP contribution in [0.4, 0.5) is 5.69 Å². The molecule has 7 nitrogen and oxygen atoms in total. The van der Waals surface area contributed by atoms with Gasteiger partial charge in [-0.25, -0.2) is 4.98 Å². The summed E-state index contributed by atoms with van der Waals surface area (Å²) in [5.41, 5.74) is 3.34. The van der Waals surface area contributed by atoms with E-state index in [0.717, 1.165) is 37.0 Å². The Labute approximate surface area is 163 Å². The number of piperidine rings is 1. The number of aromatic amines is 1. The number of anilines is 1. The van der Waals surface area contributed by atoms with Crippen LogP contribution in [0.1, 0.15) is 33.6 Å². The Morgan fingerprint density at radius 3 is 2.71 bits per heavy atom. The van der Waals surface area contributed by atoms with Crippen molar-refractivity contribution in [3.63, 3.8) is 0 Å². The number of hydrogen-bond donors (Lipinski definition) is 3. The Morgan fingerprint density at radius 2 is 1.93 bits per heavy atom. The number of likely N-dealkylation sites (tertiary alicyclic amines) is 1. The predicted octanol–water partition coefficient (Wildman–Crippen LogP) is 2.64. The minimum atomic E-state index is -0.226. The number of fused-ring (bicyclic) bond motifs is 1. The van der Waals surface area contributed by atoms with Crippen LogP contribution in [0, 0.1) is 0 Å². The standard InChI is InChI=1S/C21H23N5O2/c1-22-16-7-9-26(10-8-16)21(28)15-3-2-4-17(11-15)25-20(27)14-5-6-18-19(12-14)24-13-23-18/h2-6,11-13,16,22H,7-10H2,1H3,(H,23,24)(H,25,27). The fourth-order valence-corrected chi connectivity index (χ4v) is 3.56. The Morgan fingerprint density at radius 1 is 1.11 bits per heavy atom. The van der Waals surface area contributed by atoms with Crippen molar-refractivity contribution in [1.82, 2.24) is 20.2 Å². The molecule has 1 saturated heterocycles. The maximum Gasteiger partial charge on any atom is 0.255 e. The molecule has 3 N–H and O–H groups in total. The van der Waals surface area contributed by atoms with Crippen LogP contribution in [0.25, 0.3) is 11.0 Å². The molecule has 2 aromatic carbocycles. The SMILES string of the molecule is CNC1CCN(C(=O)c2cccc(NC(=O)c3ccc4nc[nH]c4c3)c2)CC1. The number of carbonyl (C=O) groups is 2. The van der Waals surface area contributed by atoms with E-state index in [0.29, 0.717) is 22.9 Å². The van der Waals surface area contributed by atoms with Gasteiger partial charge in [0.25, 0.3) is 11.8 Å². The number of nitrogens with zero attached hydrogens (tertiary/aromatic N) is 2. The first kappa shape index (κ1) is 18.2. The van der Waals surface area contributed by atoms with Crippen LogP contribution in [0.2, 0.25) is 0 Å². The van der Waals surface area contributed by atoms with E-state index in [-0.39, 0.29) is 11.8 Å². The topological polar surface area (TPSA) is 90.1 Å². The molecule has 0 spiro atoms. The fourth-order valence-electron chi connectivity index (χ4n) is 3.56. The average molecular weight is 377 g/mol. The third-order valence-corrected chi connectivity index (χ3v) is 5.24. The summed E-state index contributed by atoms with van der Waals surface area (Å²) < 4.78 is 0. The van der Waals surface area contributed by atoms with Gasteiger partial charge in [0.2, 0.25) is 0 Å². The van der Waals surface area contributed by atoms with E-state index in [4.69, 9.17) is 0 Å². The molecule has 4 rings (SSSR count). The van der Waals surface area contributed by atoms with E-state index < -0.39 is 0 Å². The summed E-state index contributed by atoms with van der Waals surface area (Å²) in [6.07, 6.45) is 3.50. The molecule has 7 heteroatoms. The number of hydrogen-bond acceptors (Lipinski definition) is 4. The molecule has 1 aromatic heterocycles. The summed E-state index contributed by atoms with van der Waals surface area (Å²) in [5.74, 6) is -0.222. The average Bonchev–Trinajstić information content (AvgIpc) is 3.21. The zero-order chi connectivity index (χ0) is 19.5. The predicted molar refractivity (Wildman–Crippen MR) is 108 cm³/mol. The van der Waals surface area contributed by atoms with Crippen molar-refractivity contribution in [2.24, 2.45) is 0 Å². The second-order valence-corrected chi connectivity index (χ2v) is 7.02. The molecule has 1 aliphatic heterocycles. The number of imidazole rings is 1. The normalized spacial score (nSPS) is 15.0. The zero-order valence-corrected chi connectivity index (χ0v) is 15.7. The molecule has 2 heterocycles. The lowest BCUT2D eigenvalue weighted by Gasteiger charge is -2.32. The Hall–Kier alpha value is -3.19. The van der Waals surface area contributed by atoms with Crippen LogP contribution < -0.4 is 10.6 Å². The molecule has 0 saturated carbocycles. The summed E-state index contributed by atoms with van der Waals surface area (Å²) in [5, 5.41) is 6.14. The van der Waals surface area contributed by atoms with Crippen molar-refractivity contribution in [3.05, 3.63) is 59.9 Å². The second-order valence-electron chi connectivity index (χ2n) is 7.02.